The quantitative estimate of drug-likeness (QED) is 0.829. The number of imide groups is 1. The van der Waals surface area contributed by atoms with E-state index in [0.717, 1.165) is 0 Å². The van der Waals surface area contributed by atoms with E-state index >= 15 is 0 Å². The summed E-state index contributed by atoms with van der Waals surface area (Å²) in [7, 11) is 2.98. The van der Waals surface area contributed by atoms with Gasteiger partial charge in [0.2, 0.25) is 5.91 Å². The molecule has 8 heteroatoms. The maximum absolute atomic E-state index is 13.1. The molecule has 0 radical (unpaired) electrons. The number of carbonyl (C=O) groups is 2. The van der Waals surface area contributed by atoms with Gasteiger partial charge in [0.25, 0.3) is 11.5 Å². The average molecular weight is 345 g/mol. The van der Waals surface area contributed by atoms with Gasteiger partial charge in [0.1, 0.15) is 11.4 Å². The minimum Gasteiger partial charge on any atom is -0.493 e. The van der Waals surface area contributed by atoms with Crippen LogP contribution in [0.15, 0.2) is 16.9 Å². The second-order valence-electron chi connectivity index (χ2n) is 6.18. The molecule has 0 unspecified atom stereocenters. The van der Waals surface area contributed by atoms with Gasteiger partial charge < -0.3 is 9.47 Å². The first-order valence-electron chi connectivity index (χ1n) is 7.82. The molecule has 2 aromatic rings. The monoisotopic (exact) mass is 345 g/mol. The smallest absolute Gasteiger partial charge is 0.262 e. The number of carbonyl (C=O) groups excluding carboxylic acids is 2. The molecule has 1 aliphatic rings. The van der Waals surface area contributed by atoms with Crippen LogP contribution >= 0.6 is 0 Å². The fourth-order valence-electron chi connectivity index (χ4n) is 3.21. The van der Waals surface area contributed by atoms with Crippen molar-refractivity contribution in [2.45, 2.75) is 32.2 Å². The third-order valence-electron chi connectivity index (χ3n) is 4.62. The van der Waals surface area contributed by atoms with E-state index in [1.165, 1.54) is 18.8 Å². The maximum atomic E-state index is 13.1. The van der Waals surface area contributed by atoms with Gasteiger partial charge in [0.05, 0.1) is 25.1 Å². The van der Waals surface area contributed by atoms with E-state index in [1.54, 1.807) is 26.0 Å². The molecule has 0 aliphatic carbocycles. The number of ether oxygens (including phenoxy) is 2. The van der Waals surface area contributed by atoms with Crippen LogP contribution in [0.2, 0.25) is 0 Å². The molecule has 1 saturated heterocycles. The van der Waals surface area contributed by atoms with Gasteiger partial charge in [-0.2, -0.15) is 0 Å². The van der Waals surface area contributed by atoms with Crippen molar-refractivity contribution in [2.24, 2.45) is 0 Å². The Bertz CT molecular complexity index is 949. The lowest BCUT2D eigenvalue weighted by Gasteiger charge is -2.34. The number of piperidine rings is 1. The summed E-state index contributed by atoms with van der Waals surface area (Å²) in [5.74, 6) is 0.407. The van der Waals surface area contributed by atoms with Gasteiger partial charge in [-0.15, -0.1) is 0 Å². The number of methoxy groups -OCH3 is 2. The van der Waals surface area contributed by atoms with Crippen LogP contribution in [0.1, 0.15) is 25.6 Å². The number of amides is 2. The summed E-state index contributed by atoms with van der Waals surface area (Å²) in [4.78, 5) is 41.5. The van der Waals surface area contributed by atoms with Crippen LogP contribution < -0.4 is 20.3 Å². The summed E-state index contributed by atoms with van der Waals surface area (Å²) in [5.41, 5.74) is -1.09. The van der Waals surface area contributed by atoms with E-state index in [9.17, 15) is 14.4 Å². The minimum absolute atomic E-state index is 0.165. The van der Waals surface area contributed by atoms with Crippen LogP contribution in [-0.4, -0.2) is 35.6 Å². The first-order chi connectivity index (χ1) is 11.8. The van der Waals surface area contributed by atoms with Crippen molar-refractivity contribution >= 4 is 22.7 Å². The third-order valence-corrected chi connectivity index (χ3v) is 4.62. The van der Waals surface area contributed by atoms with E-state index in [4.69, 9.17) is 9.47 Å². The molecule has 2 amide bonds. The van der Waals surface area contributed by atoms with Gasteiger partial charge >= 0.3 is 0 Å². The largest absolute Gasteiger partial charge is 0.493 e. The first kappa shape index (κ1) is 16.9. The van der Waals surface area contributed by atoms with Gasteiger partial charge in [-0.05, 0) is 26.3 Å². The number of hydrogen-bond donors (Lipinski definition) is 1. The zero-order valence-corrected chi connectivity index (χ0v) is 14.5. The Hall–Kier alpha value is -2.90. The Labute approximate surface area is 143 Å². The number of hydrogen-bond acceptors (Lipinski definition) is 6. The number of nitrogens with one attached hydrogen (secondary N) is 1. The summed E-state index contributed by atoms with van der Waals surface area (Å²) in [5, 5.41) is 2.62. The predicted molar refractivity (Wildman–Crippen MR) is 89.9 cm³/mol. The van der Waals surface area contributed by atoms with Gasteiger partial charge in [-0.3, -0.25) is 24.3 Å². The molecular formula is C17H19N3O5. The fourth-order valence-corrected chi connectivity index (χ4v) is 3.21. The molecule has 2 heterocycles. The van der Waals surface area contributed by atoms with Crippen LogP contribution in [0.25, 0.3) is 10.9 Å². The van der Waals surface area contributed by atoms with Crippen molar-refractivity contribution in [3.8, 4) is 11.5 Å². The highest BCUT2D eigenvalue weighted by Crippen LogP contribution is 2.32. The summed E-state index contributed by atoms with van der Waals surface area (Å²) < 4.78 is 11.8. The maximum Gasteiger partial charge on any atom is 0.262 e. The van der Waals surface area contributed by atoms with Crippen molar-refractivity contribution in [1.29, 1.82) is 0 Å². The van der Waals surface area contributed by atoms with Crippen LogP contribution in [0, 0.1) is 6.92 Å². The predicted octanol–water partition coefficient (Wildman–Crippen LogP) is 0.874. The van der Waals surface area contributed by atoms with Crippen LogP contribution in [-0.2, 0) is 15.1 Å². The van der Waals surface area contributed by atoms with Gasteiger partial charge in [-0.25, -0.2) is 4.98 Å². The molecule has 0 spiro atoms. The molecule has 1 aliphatic heterocycles. The van der Waals surface area contributed by atoms with Gasteiger partial charge in [0, 0.05) is 12.5 Å². The zero-order chi connectivity index (χ0) is 18.4. The van der Waals surface area contributed by atoms with Gasteiger partial charge in [0.15, 0.2) is 11.5 Å². The van der Waals surface area contributed by atoms with Crippen molar-refractivity contribution in [1.82, 2.24) is 14.9 Å². The molecule has 0 bridgehead atoms. The lowest BCUT2D eigenvalue weighted by atomic mass is 9.90. The number of rotatable bonds is 3. The molecule has 25 heavy (non-hydrogen) atoms. The number of nitrogens with zero attached hydrogens (tertiary/aromatic N) is 2. The number of fused-ring (bicyclic) bond motifs is 1. The molecule has 1 aromatic heterocycles. The Morgan fingerprint density at radius 1 is 1.16 bits per heavy atom. The average Bonchev–Trinajstić information content (AvgIpc) is 2.57. The van der Waals surface area contributed by atoms with Crippen LogP contribution in [0.3, 0.4) is 0 Å². The highest BCUT2D eigenvalue weighted by atomic mass is 16.5. The molecule has 132 valence electrons. The number of benzene rings is 1. The summed E-state index contributed by atoms with van der Waals surface area (Å²) >= 11 is 0. The zero-order valence-electron chi connectivity index (χ0n) is 14.5. The van der Waals surface area contributed by atoms with E-state index in [1.807, 2.05) is 0 Å². The molecule has 0 saturated carbocycles. The second kappa shape index (κ2) is 5.87. The van der Waals surface area contributed by atoms with E-state index in [-0.39, 0.29) is 24.3 Å². The molecule has 1 atom stereocenters. The number of aryl methyl sites for hydroxylation is 1. The molecule has 1 fully saturated rings. The number of aromatic nitrogens is 2. The SMILES string of the molecule is COc1cc2nc(C)n([C@]3(C)CCC(=O)NC3=O)c(=O)c2cc1OC. The van der Waals surface area contributed by atoms with Crippen molar-refractivity contribution < 1.29 is 19.1 Å². The van der Waals surface area contributed by atoms with Crippen molar-refractivity contribution in [2.75, 3.05) is 14.2 Å². The molecular weight excluding hydrogens is 326 g/mol. The topological polar surface area (TPSA) is 99.5 Å². The highest BCUT2D eigenvalue weighted by molar-refractivity contribution is 6.01. The third kappa shape index (κ3) is 2.54. The normalized spacial score (nSPS) is 20.5. The van der Waals surface area contributed by atoms with E-state index in [0.29, 0.717) is 28.2 Å². The van der Waals surface area contributed by atoms with Crippen LogP contribution in [0.5, 0.6) is 11.5 Å². The van der Waals surface area contributed by atoms with Crippen molar-refractivity contribution in [3.63, 3.8) is 0 Å². The standard InChI is InChI=1S/C17H19N3O5/c1-9-18-11-8-13(25-4)12(24-3)7-10(11)15(22)20(9)17(2)6-5-14(21)19-16(17)23/h7-8H,5-6H2,1-4H3,(H,19,21,23)/t17-/m1/s1. The Balaban J connectivity index is 2.28. The van der Waals surface area contributed by atoms with Gasteiger partial charge in [-0.1, -0.05) is 0 Å². The second-order valence-corrected chi connectivity index (χ2v) is 6.18. The molecule has 8 nitrogen and oxygen atoms in total. The summed E-state index contributed by atoms with van der Waals surface area (Å²) in [6.07, 6.45) is 0.400. The highest BCUT2D eigenvalue weighted by Gasteiger charge is 2.42. The summed E-state index contributed by atoms with van der Waals surface area (Å²) in [6, 6.07) is 3.17. The molecule has 1 N–H and O–H groups in total. The molecule has 3 rings (SSSR count). The van der Waals surface area contributed by atoms with E-state index in [2.05, 4.69) is 10.3 Å². The first-order valence-corrected chi connectivity index (χ1v) is 7.82. The Morgan fingerprint density at radius 2 is 1.80 bits per heavy atom. The lowest BCUT2D eigenvalue weighted by Crippen LogP contribution is -2.56. The Morgan fingerprint density at radius 3 is 2.40 bits per heavy atom. The fraction of sp³-hybridized carbons (Fsp3) is 0.412. The van der Waals surface area contributed by atoms with E-state index < -0.39 is 11.4 Å². The minimum atomic E-state index is -1.18. The molecule has 1 aromatic carbocycles. The summed E-state index contributed by atoms with van der Waals surface area (Å²) in [6.45, 7) is 3.30. The lowest BCUT2D eigenvalue weighted by molar-refractivity contribution is -0.140. The van der Waals surface area contributed by atoms with Crippen LogP contribution in [0.4, 0.5) is 0 Å². The Kier molecular flexibility index (Phi) is 3.98. The van der Waals surface area contributed by atoms with Crippen molar-refractivity contribution in [3.05, 3.63) is 28.3 Å².